The Kier molecular flexibility index (Phi) is 12.4. The number of hydrogen-bond acceptors (Lipinski definition) is 6. The Balaban J connectivity index is 1.12. The van der Waals surface area contributed by atoms with Crippen LogP contribution < -0.4 is 20.1 Å². The van der Waals surface area contributed by atoms with Gasteiger partial charge in [-0.3, -0.25) is 0 Å². The molecule has 6 heteroatoms. The molecule has 0 fully saturated rings. The maximum Gasteiger partial charge on any atom is 0.119 e. The van der Waals surface area contributed by atoms with Gasteiger partial charge in [-0.1, -0.05) is 84.9 Å². The van der Waals surface area contributed by atoms with Gasteiger partial charge in [-0.2, -0.15) is 0 Å². The SMILES string of the molecule is C[C@H](Cc1ccc(C[C@@H](C)NC[C@H](O)c2ccc(OCc3ccccc3)cc2)cc1)NC[C@H](O)COc1ccccc1. The zero-order valence-corrected chi connectivity index (χ0v) is 24.7. The number of aliphatic hydroxyl groups excluding tert-OH is 2. The van der Waals surface area contributed by atoms with Crippen LogP contribution in [0.2, 0.25) is 0 Å². The van der Waals surface area contributed by atoms with E-state index in [0.717, 1.165) is 35.5 Å². The molecule has 4 atom stereocenters. The third kappa shape index (κ3) is 11.0. The zero-order chi connectivity index (χ0) is 29.6. The Labute approximate surface area is 250 Å². The van der Waals surface area contributed by atoms with Gasteiger partial charge in [-0.25, -0.2) is 0 Å². The highest BCUT2D eigenvalue weighted by Gasteiger charge is 2.12. The highest BCUT2D eigenvalue weighted by molar-refractivity contribution is 5.29. The Morgan fingerprint density at radius 2 is 1.10 bits per heavy atom. The molecule has 6 nitrogen and oxygen atoms in total. The van der Waals surface area contributed by atoms with Crippen LogP contribution in [0, 0.1) is 0 Å². The molecule has 0 saturated carbocycles. The molecule has 222 valence electrons. The fraction of sp³-hybridized carbons (Fsp3) is 0.333. The van der Waals surface area contributed by atoms with E-state index >= 15 is 0 Å². The van der Waals surface area contributed by atoms with Crippen molar-refractivity contribution in [3.8, 4) is 11.5 Å². The number of rotatable bonds is 17. The summed E-state index contributed by atoms with van der Waals surface area (Å²) in [5, 5.41) is 27.8. The molecule has 0 aliphatic carbocycles. The average Bonchev–Trinajstić information content (AvgIpc) is 3.03. The Hall–Kier alpha value is -3.68. The third-order valence-electron chi connectivity index (χ3n) is 7.17. The number of nitrogens with one attached hydrogen (secondary N) is 2. The van der Waals surface area contributed by atoms with E-state index in [0.29, 0.717) is 19.7 Å². The molecule has 42 heavy (non-hydrogen) atoms. The second kappa shape index (κ2) is 16.7. The van der Waals surface area contributed by atoms with Crippen molar-refractivity contribution in [3.63, 3.8) is 0 Å². The summed E-state index contributed by atoms with van der Waals surface area (Å²) in [7, 11) is 0. The van der Waals surface area contributed by atoms with Crippen LogP contribution in [0.5, 0.6) is 11.5 Å². The van der Waals surface area contributed by atoms with Crippen LogP contribution in [0.4, 0.5) is 0 Å². The molecule has 0 saturated heterocycles. The maximum absolute atomic E-state index is 10.7. The standard InChI is InChI=1S/C36H44N2O4/c1-27(37-23-33(39)26-42-34-11-7-4-8-12-34)21-29-13-15-30(16-14-29)22-28(2)38-24-36(40)32-17-19-35(20-18-32)41-25-31-9-5-3-6-10-31/h3-20,27-28,33,36-40H,21-26H2,1-2H3/t27-,28-,33+,36+/m1/s1. The molecule has 0 radical (unpaired) electrons. The van der Waals surface area contributed by atoms with Crippen molar-refractivity contribution in [1.82, 2.24) is 10.6 Å². The minimum atomic E-state index is -0.588. The van der Waals surface area contributed by atoms with E-state index in [1.165, 1.54) is 11.1 Å². The lowest BCUT2D eigenvalue weighted by Gasteiger charge is -2.19. The van der Waals surface area contributed by atoms with Crippen LogP contribution in [0.1, 0.15) is 42.2 Å². The van der Waals surface area contributed by atoms with Crippen molar-refractivity contribution in [2.75, 3.05) is 19.7 Å². The lowest BCUT2D eigenvalue weighted by atomic mass is 10.0. The lowest BCUT2D eigenvalue weighted by Crippen LogP contribution is -2.37. The van der Waals surface area contributed by atoms with Gasteiger partial charge in [0, 0.05) is 25.2 Å². The van der Waals surface area contributed by atoms with E-state index in [1.807, 2.05) is 84.9 Å². The molecule has 4 aromatic rings. The van der Waals surface area contributed by atoms with Gasteiger partial charge in [0.2, 0.25) is 0 Å². The minimum Gasteiger partial charge on any atom is -0.491 e. The van der Waals surface area contributed by atoms with E-state index in [2.05, 4.69) is 48.7 Å². The number of aliphatic hydroxyl groups is 2. The Morgan fingerprint density at radius 3 is 1.69 bits per heavy atom. The maximum atomic E-state index is 10.7. The quantitative estimate of drug-likeness (QED) is 0.135. The van der Waals surface area contributed by atoms with E-state index in [4.69, 9.17) is 9.47 Å². The second-order valence-corrected chi connectivity index (χ2v) is 11.0. The van der Waals surface area contributed by atoms with Crippen LogP contribution in [0.3, 0.4) is 0 Å². The van der Waals surface area contributed by atoms with Crippen molar-refractivity contribution in [1.29, 1.82) is 0 Å². The molecule has 0 amide bonds. The first-order chi connectivity index (χ1) is 20.4. The minimum absolute atomic E-state index is 0.221. The summed E-state index contributed by atoms with van der Waals surface area (Å²) in [4.78, 5) is 0. The van der Waals surface area contributed by atoms with E-state index < -0.39 is 12.2 Å². The van der Waals surface area contributed by atoms with Crippen molar-refractivity contribution < 1.29 is 19.7 Å². The van der Waals surface area contributed by atoms with Crippen molar-refractivity contribution in [3.05, 3.63) is 131 Å². The molecule has 0 heterocycles. The van der Waals surface area contributed by atoms with Gasteiger partial charge in [0.15, 0.2) is 0 Å². The summed E-state index contributed by atoms with van der Waals surface area (Å²) in [5.41, 5.74) is 4.49. The topological polar surface area (TPSA) is 83.0 Å². The highest BCUT2D eigenvalue weighted by atomic mass is 16.5. The summed E-state index contributed by atoms with van der Waals surface area (Å²) in [6.45, 7) is 6.01. The van der Waals surface area contributed by atoms with Gasteiger partial charge < -0.3 is 30.3 Å². The largest absolute Gasteiger partial charge is 0.491 e. The highest BCUT2D eigenvalue weighted by Crippen LogP contribution is 2.19. The molecule has 0 unspecified atom stereocenters. The molecular weight excluding hydrogens is 524 g/mol. The molecule has 4 rings (SSSR count). The van der Waals surface area contributed by atoms with E-state index in [9.17, 15) is 10.2 Å². The molecule has 4 N–H and O–H groups in total. The molecular formula is C36H44N2O4. The number of para-hydroxylation sites is 1. The first kappa shape index (κ1) is 31.3. The van der Waals surface area contributed by atoms with Gasteiger partial charge in [-0.05, 0) is 73.2 Å². The monoisotopic (exact) mass is 568 g/mol. The summed E-state index contributed by atoms with van der Waals surface area (Å²) >= 11 is 0. The molecule has 0 aliphatic rings. The van der Waals surface area contributed by atoms with Crippen LogP contribution in [-0.2, 0) is 19.4 Å². The van der Waals surface area contributed by atoms with E-state index in [-0.39, 0.29) is 18.7 Å². The van der Waals surface area contributed by atoms with Crippen LogP contribution in [-0.4, -0.2) is 48.1 Å². The molecule has 0 spiro atoms. The molecule has 0 aliphatic heterocycles. The normalized spacial score (nSPS) is 14.1. The Bertz CT molecular complexity index is 1280. The summed E-state index contributed by atoms with van der Waals surface area (Å²) in [6.07, 6.45) is 0.597. The van der Waals surface area contributed by atoms with Gasteiger partial charge in [0.25, 0.3) is 0 Å². The summed E-state index contributed by atoms with van der Waals surface area (Å²) < 4.78 is 11.5. The lowest BCUT2D eigenvalue weighted by molar-refractivity contribution is 0.104. The van der Waals surface area contributed by atoms with Gasteiger partial charge in [-0.15, -0.1) is 0 Å². The predicted molar refractivity (Wildman–Crippen MR) is 169 cm³/mol. The van der Waals surface area contributed by atoms with Crippen molar-refractivity contribution in [2.45, 2.75) is 57.6 Å². The molecule has 0 bridgehead atoms. The van der Waals surface area contributed by atoms with Crippen molar-refractivity contribution in [2.24, 2.45) is 0 Å². The fourth-order valence-electron chi connectivity index (χ4n) is 4.73. The first-order valence-corrected chi connectivity index (χ1v) is 14.8. The smallest absolute Gasteiger partial charge is 0.119 e. The average molecular weight is 569 g/mol. The fourth-order valence-corrected chi connectivity index (χ4v) is 4.73. The van der Waals surface area contributed by atoms with E-state index in [1.54, 1.807) is 0 Å². The van der Waals surface area contributed by atoms with Gasteiger partial charge in [0.1, 0.15) is 30.8 Å². The second-order valence-electron chi connectivity index (χ2n) is 11.0. The van der Waals surface area contributed by atoms with Crippen LogP contribution in [0.15, 0.2) is 109 Å². The zero-order valence-electron chi connectivity index (χ0n) is 24.7. The number of hydrogen-bond donors (Lipinski definition) is 4. The summed E-state index contributed by atoms with van der Waals surface area (Å²) in [6, 6.07) is 36.4. The number of benzene rings is 4. The van der Waals surface area contributed by atoms with Crippen LogP contribution >= 0.6 is 0 Å². The predicted octanol–water partition coefficient (Wildman–Crippen LogP) is 5.48. The van der Waals surface area contributed by atoms with Crippen LogP contribution in [0.25, 0.3) is 0 Å². The van der Waals surface area contributed by atoms with Crippen molar-refractivity contribution >= 4 is 0 Å². The van der Waals surface area contributed by atoms with Gasteiger partial charge >= 0.3 is 0 Å². The van der Waals surface area contributed by atoms with Gasteiger partial charge in [0.05, 0.1) is 6.10 Å². The Morgan fingerprint density at radius 1 is 0.571 bits per heavy atom. The third-order valence-corrected chi connectivity index (χ3v) is 7.17. The number of ether oxygens (including phenoxy) is 2. The first-order valence-electron chi connectivity index (χ1n) is 14.8. The molecule has 0 aromatic heterocycles. The molecule has 4 aromatic carbocycles. The summed E-state index contributed by atoms with van der Waals surface area (Å²) in [5.74, 6) is 1.55.